The Labute approximate surface area is 184 Å². The standard InChI is InChI=1S/C20H23ClFN5S2/c1-6-27(5)29-26-13-9-7-8-12(15(13)22)16-17(14-10-11-23-19(21)24-14)28-18(25-16)20(2,3)4/h7-11,26H,6H2,1-5H3. The molecule has 0 aliphatic carbocycles. The molecule has 9 heteroatoms. The van der Waals surface area contributed by atoms with Crippen molar-refractivity contribution in [3.05, 3.63) is 46.6 Å². The lowest BCUT2D eigenvalue weighted by molar-refractivity contribution is 0.585. The predicted octanol–water partition coefficient (Wildman–Crippen LogP) is 6.28. The zero-order chi connectivity index (χ0) is 21.2. The molecule has 0 aliphatic heterocycles. The molecule has 1 aromatic carbocycles. The maximum absolute atomic E-state index is 15.4. The van der Waals surface area contributed by atoms with Gasteiger partial charge in [-0.3, -0.25) is 0 Å². The molecule has 0 saturated carbocycles. The second-order valence-electron chi connectivity index (χ2n) is 7.46. The highest BCUT2D eigenvalue weighted by atomic mass is 35.5. The molecule has 5 nitrogen and oxygen atoms in total. The van der Waals surface area contributed by atoms with Gasteiger partial charge in [0, 0.05) is 35.9 Å². The molecule has 3 rings (SSSR count). The highest BCUT2D eigenvalue weighted by Crippen LogP contribution is 2.42. The lowest BCUT2D eigenvalue weighted by atomic mass is 9.98. The lowest BCUT2D eigenvalue weighted by Crippen LogP contribution is -2.11. The van der Waals surface area contributed by atoms with Gasteiger partial charge < -0.3 is 4.72 Å². The van der Waals surface area contributed by atoms with E-state index in [0.29, 0.717) is 22.6 Å². The second kappa shape index (κ2) is 8.95. The highest BCUT2D eigenvalue weighted by Gasteiger charge is 2.26. The van der Waals surface area contributed by atoms with Gasteiger partial charge in [-0.2, -0.15) is 0 Å². The summed E-state index contributed by atoms with van der Waals surface area (Å²) in [6, 6.07) is 7.04. The first-order chi connectivity index (χ1) is 13.7. The Morgan fingerprint density at radius 1 is 1.24 bits per heavy atom. The van der Waals surface area contributed by atoms with Crippen LogP contribution in [0, 0.1) is 5.82 Å². The quantitative estimate of drug-likeness (QED) is 0.351. The summed E-state index contributed by atoms with van der Waals surface area (Å²) < 4.78 is 20.5. The summed E-state index contributed by atoms with van der Waals surface area (Å²) in [4.78, 5) is 13.8. The molecular formula is C20H23ClFN5S2. The van der Waals surface area contributed by atoms with Crippen molar-refractivity contribution in [2.24, 2.45) is 0 Å². The minimum Gasteiger partial charge on any atom is -0.314 e. The van der Waals surface area contributed by atoms with Gasteiger partial charge in [0.05, 0.1) is 27.0 Å². The number of nitrogens with zero attached hydrogens (tertiary/aromatic N) is 4. The minimum atomic E-state index is -0.350. The molecule has 0 atom stereocenters. The largest absolute Gasteiger partial charge is 0.314 e. The minimum absolute atomic E-state index is 0.147. The molecule has 0 bridgehead atoms. The molecule has 0 fully saturated rings. The molecule has 3 aromatic rings. The van der Waals surface area contributed by atoms with E-state index >= 15 is 4.39 Å². The predicted molar refractivity (Wildman–Crippen MR) is 122 cm³/mol. The van der Waals surface area contributed by atoms with Crippen LogP contribution >= 0.6 is 35.1 Å². The van der Waals surface area contributed by atoms with Crippen molar-refractivity contribution < 1.29 is 4.39 Å². The summed E-state index contributed by atoms with van der Waals surface area (Å²) in [7, 11) is 1.94. The van der Waals surface area contributed by atoms with Gasteiger partial charge in [0.15, 0.2) is 5.82 Å². The van der Waals surface area contributed by atoms with E-state index in [1.807, 2.05) is 24.3 Å². The van der Waals surface area contributed by atoms with E-state index in [9.17, 15) is 0 Å². The number of halogens is 2. The van der Waals surface area contributed by atoms with Crippen molar-refractivity contribution in [2.45, 2.75) is 33.1 Å². The first kappa shape index (κ1) is 22.0. The van der Waals surface area contributed by atoms with Crippen LogP contribution in [0.4, 0.5) is 10.1 Å². The van der Waals surface area contributed by atoms with Crippen molar-refractivity contribution in [2.75, 3.05) is 18.3 Å². The third kappa shape index (κ3) is 5.06. The van der Waals surface area contributed by atoms with Crippen LogP contribution in [0.1, 0.15) is 32.7 Å². The molecule has 2 aromatic heterocycles. The molecule has 1 N–H and O–H groups in total. The summed E-state index contributed by atoms with van der Waals surface area (Å²) >= 11 is 8.85. The van der Waals surface area contributed by atoms with Crippen LogP contribution in [0.3, 0.4) is 0 Å². The Morgan fingerprint density at radius 3 is 2.66 bits per heavy atom. The Bertz CT molecular complexity index is 1000. The van der Waals surface area contributed by atoms with Gasteiger partial charge in [-0.15, -0.1) is 11.3 Å². The smallest absolute Gasteiger partial charge is 0.222 e. The number of anilines is 1. The van der Waals surface area contributed by atoms with Crippen molar-refractivity contribution in [1.82, 2.24) is 19.3 Å². The van der Waals surface area contributed by atoms with E-state index in [2.05, 4.69) is 35.5 Å². The van der Waals surface area contributed by atoms with Gasteiger partial charge in [0.25, 0.3) is 0 Å². The van der Waals surface area contributed by atoms with Crippen LogP contribution in [-0.2, 0) is 5.41 Å². The van der Waals surface area contributed by atoms with Crippen LogP contribution in [0.2, 0.25) is 5.28 Å². The Balaban J connectivity index is 2.12. The number of nitrogens with one attached hydrogen (secondary N) is 1. The molecule has 29 heavy (non-hydrogen) atoms. The van der Waals surface area contributed by atoms with Crippen LogP contribution < -0.4 is 4.72 Å². The topological polar surface area (TPSA) is 53.9 Å². The molecule has 0 unspecified atom stereocenters. The first-order valence-electron chi connectivity index (χ1n) is 9.14. The van der Waals surface area contributed by atoms with Crippen LogP contribution in [0.15, 0.2) is 30.5 Å². The van der Waals surface area contributed by atoms with E-state index in [-0.39, 0.29) is 16.5 Å². The molecule has 154 valence electrons. The molecule has 0 saturated heterocycles. The maximum atomic E-state index is 15.4. The number of benzene rings is 1. The fourth-order valence-electron chi connectivity index (χ4n) is 2.44. The molecule has 0 aliphatic rings. The molecule has 0 amide bonds. The van der Waals surface area contributed by atoms with Crippen molar-refractivity contribution in [3.8, 4) is 21.8 Å². The summed E-state index contributed by atoms with van der Waals surface area (Å²) in [6.45, 7) is 9.11. The van der Waals surface area contributed by atoms with Gasteiger partial charge in [-0.05, 0) is 36.8 Å². The van der Waals surface area contributed by atoms with Crippen LogP contribution in [-0.4, -0.2) is 32.8 Å². The number of hydrogen-bond acceptors (Lipinski definition) is 7. The Hall–Kier alpha value is -1.74. The first-order valence-corrected chi connectivity index (χ1v) is 11.1. The van der Waals surface area contributed by atoms with Crippen LogP contribution in [0.5, 0.6) is 0 Å². The third-order valence-corrected chi connectivity index (χ3v) is 6.70. The summed E-state index contributed by atoms with van der Waals surface area (Å²) in [5, 5.41) is 1.05. The number of hydrogen-bond donors (Lipinski definition) is 1. The number of aromatic nitrogens is 3. The Kier molecular flexibility index (Phi) is 6.78. The lowest BCUT2D eigenvalue weighted by Gasteiger charge is -2.15. The third-order valence-electron chi connectivity index (χ3n) is 4.14. The highest BCUT2D eigenvalue weighted by molar-refractivity contribution is 7.98. The van der Waals surface area contributed by atoms with Gasteiger partial charge >= 0.3 is 0 Å². The van der Waals surface area contributed by atoms with Gasteiger partial charge in [0.2, 0.25) is 5.28 Å². The second-order valence-corrected chi connectivity index (χ2v) is 9.81. The molecule has 0 spiro atoms. The van der Waals surface area contributed by atoms with E-state index in [1.54, 1.807) is 24.4 Å². The maximum Gasteiger partial charge on any atom is 0.222 e. The van der Waals surface area contributed by atoms with Crippen molar-refractivity contribution in [1.29, 1.82) is 0 Å². The fraction of sp³-hybridized carbons (Fsp3) is 0.350. The van der Waals surface area contributed by atoms with Gasteiger partial charge in [0.1, 0.15) is 0 Å². The molecular weight excluding hydrogens is 429 g/mol. The summed E-state index contributed by atoms with van der Waals surface area (Å²) in [5.74, 6) is -0.350. The van der Waals surface area contributed by atoms with E-state index < -0.39 is 0 Å². The SMILES string of the molecule is CCN(C)SNc1cccc(-c2nc(C(C)(C)C)sc2-c2ccnc(Cl)n2)c1F. The van der Waals surface area contributed by atoms with E-state index in [0.717, 1.165) is 16.4 Å². The van der Waals surface area contributed by atoms with Crippen molar-refractivity contribution in [3.63, 3.8) is 0 Å². The number of thiazole rings is 1. The summed E-state index contributed by atoms with van der Waals surface area (Å²) in [6.07, 6.45) is 1.59. The fourth-order valence-corrected chi connectivity index (χ4v) is 4.24. The van der Waals surface area contributed by atoms with E-state index in [4.69, 9.17) is 16.6 Å². The average molecular weight is 452 g/mol. The van der Waals surface area contributed by atoms with E-state index in [1.165, 1.54) is 23.5 Å². The zero-order valence-electron chi connectivity index (χ0n) is 17.0. The zero-order valence-corrected chi connectivity index (χ0v) is 19.3. The van der Waals surface area contributed by atoms with Gasteiger partial charge in [-0.1, -0.05) is 33.8 Å². The Morgan fingerprint density at radius 2 is 2.00 bits per heavy atom. The van der Waals surface area contributed by atoms with Crippen molar-refractivity contribution >= 4 is 40.8 Å². The summed E-state index contributed by atoms with van der Waals surface area (Å²) in [5.41, 5.74) is 1.84. The molecule has 0 radical (unpaired) electrons. The number of rotatable bonds is 6. The van der Waals surface area contributed by atoms with Crippen LogP contribution in [0.25, 0.3) is 21.8 Å². The monoisotopic (exact) mass is 451 g/mol. The normalized spacial score (nSPS) is 11.9. The average Bonchev–Trinajstić information content (AvgIpc) is 3.12. The van der Waals surface area contributed by atoms with Gasteiger partial charge in [-0.25, -0.2) is 23.6 Å². The molecule has 2 heterocycles.